The van der Waals surface area contributed by atoms with Gasteiger partial charge in [-0.1, -0.05) is 25.2 Å². The van der Waals surface area contributed by atoms with Gasteiger partial charge >= 0.3 is 0 Å². The zero-order valence-corrected chi connectivity index (χ0v) is 11.3. The molecule has 0 aromatic heterocycles. The summed E-state index contributed by atoms with van der Waals surface area (Å²) in [4.78, 5) is 0.0362. The molecule has 2 rings (SSSR count). The van der Waals surface area contributed by atoms with Crippen LogP contribution in [0.2, 0.25) is 0 Å². The predicted octanol–water partition coefficient (Wildman–Crippen LogP) is 2.44. The van der Waals surface area contributed by atoms with Gasteiger partial charge in [0.15, 0.2) is 0 Å². The lowest BCUT2D eigenvalue weighted by atomic mass is 9.83. The number of halogens is 1. The lowest BCUT2D eigenvalue weighted by Crippen LogP contribution is -2.48. The second-order valence-corrected chi connectivity index (χ2v) is 6.53. The van der Waals surface area contributed by atoms with E-state index in [2.05, 4.69) is 10.6 Å². The zero-order chi connectivity index (χ0) is 13.9. The molecule has 0 spiro atoms. The largest absolute Gasteiger partial charge is 0.241 e. The van der Waals surface area contributed by atoms with E-state index < -0.39 is 21.4 Å². The summed E-state index contributed by atoms with van der Waals surface area (Å²) in [5.74, 6) is 2.12. The van der Waals surface area contributed by atoms with Crippen LogP contribution in [0.5, 0.6) is 0 Å². The molecule has 1 saturated carbocycles. The smallest absolute Gasteiger partial charge is 0.207 e. The Morgan fingerprint density at radius 2 is 1.74 bits per heavy atom. The molecule has 0 amide bonds. The van der Waals surface area contributed by atoms with E-state index in [4.69, 9.17) is 6.42 Å². The highest BCUT2D eigenvalue weighted by molar-refractivity contribution is 7.89. The molecule has 5 heteroatoms. The quantitative estimate of drug-likeness (QED) is 0.865. The third-order valence-electron chi connectivity index (χ3n) is 3.44. The van der Waals surface area contributed by atoms with E-state index in [0.717, 1.165) is 31.4 Å². The summed E-state index contributed by atoms with van der Waals surface area (Å²) in [6.07, 6.45) is 9.69. The molecule has 1 aromatic rings. The third kappa shape index (κ3) is 3.14. The molecule has 3 nitrogen and oxygen atoms in total. The first kappa shape index (κ1) is 14.0. The number of hydrogen-bond acceptors (Lipinski definition) is 2. The first-order chi connectivity index (χ1) is 8.97. The second-order valence-electron chi connectivity index (χ2n) is 4.85. The van der Waals surface area contributed by atoms with Gasteiger partial charge in [0.05, 0.1) is 10.4 Å². The van der Waals surface area contributed by atoms with E-state index in [1.165, 1.54) is 12.1 Å². The van der Waals surface area contributed by atoms with Crippen LogP contribution in [0.1, 0.15) is 32.1 Å². The Bertz CT molecular complexity index is 581. The van der Waals surface area contributed by atoms with Gasteiger partial charge < -0.3 is 0 Å². The molecule has 102 valence electrons. The molecule has 1 N–H and O–H groups in total. The van der Waals surface area contributed by atoms with Crippen LogP contribution in [0.3, 0.4) is 0 Å². The molecule has 1 aliphatic carbocycles. The maximum Gasteiger partial charge on any atom is 0.241 e. The maximum atomic E-state index is 12.8. The average molecular weight is 281 g/mol. The Kier molecular flexibility index (Phi) is 3.93. The number of sulfonamides is 1. The van der Waals surface area contributed by atoms with Crippen LogP contribution in [0.4, 0.5) is 4.39 Å². The van der Waals surface area contributed by atoms with Crippen LogP contribution in [-0.2, 0) is 10.0 Å². The Morgan fingerprint density at radius 1 is 1.16 bits per heavy atom. The summed E-state index contributed by atoms with van der Waals surface area (Å²) in [6, 6.07) is 4.73. The van der Waals surface area contributed by atoms with Gasteiger partial charge in [0.1, 0.15) is 5.82 Å². The van der Waals surface area contributed by atoms with Crippen molar-refractivity contribution in [1.29, 1.82) is 0 Å². The lowest BCUT2D eigenvalue weighted by molar-refractivity contribution is 0.341. The number of hydrogen-bond donors (Lipinski definition) is 1. The molecule has 0 saturated heterocycles. The molecular formula is C14H16FNO2S. The van der Waals surface area contributed by atoms with E-state index >= 15 is 0 Å². The third-order valence-corrected chi connectivity index (χ3v) is 4.99. The van der Waals surface area contributed by atoms with Crippen molar-refractivity contribution in [2.45, 2.75) is 42.5 Å². The first-order valence-corrected chi connectivity index (χ1v) is 7.73. The van der Waals surface area contributed by atoms with Crippen LogP contribution in [0.25, 0.3) is 0 Å². The van der Waals surface area contributed by atoms with Crippen LogP contribution < -0.4 is 4.72 Å². The fourth-order valence-electron chi connectivity index (χ4n) is 2.36. The fraction of sp³-hybridized carbons (Fsp3) is 0.429. The van der Waals surface area contributed by atoms with Crippen molar-refractivity contribution in [3.8, 4) is 12.3 Å². The van der Waals surface area contributed by atoms with Gasteiger partial charge in [-0.2, -0.15) is 4.72 Å². The van der Waals surface area contributed by atoms with Crippen LogP contribution in [0, 0.1) is 18.2 Å². The minimum atomic E-state index is -3.71. The van der Waals surface area contributed by atoms with Gasteiger partial charge in [0.25, 0.3) is 0 Å². The molecule has 19 heavy (non-hydrogen) atoms. The van der Waals surface area contributed by atoms with E-state index in [9.17, 15) is 12.8 Å². The molecule has 0 bridgehead atoms. The zero-order valence-electron chi connectivity index (χ0n) is 10.5. The van der Waals surface area contributed by atoms with E-state index in [1.54, 1.807) is 0 Å². The number of terminal acetylenes is 1. The predicted molar refractivity (Wildman–Crippen MR) is 71.4 cm³/mol. The van der Waals surface area contributed by atoms with E-state index in [-0.39, 0.29) is 4.90 Å². The van der Waals surface area contributed by atoms with Crippen molar-refractivity contribution in [2.75, 3.05) is 0 Å². The van der Waals surface area contributed by atoms with Crippen molar-refractivity contribution in [3.05, 3.63) is 30.1 Å². The van der Waals surface area contributed by atoms with Crippen LogP contribution in [0.15, 0.2) is 29.2 Å². The van der Waals surface area contributed by atoms with Gasteiger partial charge in [0, 0.05) is 0 Å². The molecule has 0 atom stereocenters. The number of rotatable bonds is 3. The Hall–Kier alpha value is -1.38. The van der Waals surface area contributed by atoms with Crippen LogP contribution >= 0.6 is 0 Å². The lowest BCUT2D eigenvalue weighted by Gasteiger charge is -2.32. The van der Waals surface area contributed by atoms with Crippen molar-refractivity contribution >= 4 is 10.0 Å². The highest BCUT2D eigenvalue weighted by Gasteiger charge is 2.34. The van der Waals surface area contributed by atoms with Crippen LogP contribution in [-0.4, -0.2) is 14.0 Å². The maximum absolute atomic E-state index is 12.8. The molecule has 1 aromatic carbocycles. The first-order valence-electron chi connectivity index (χ1n) is 6.25. The van der Waals surface area contributed by atoms with Gasteiger partial charge in [0.2, 0.25) is 10.0 Å². The molecule has 1 fully saturated rings. The van der Waals surface area contributed by atoms with E-state index in [0.29, 0.717) is 12.8 Å². The molecule has 0 heterocycles. The summed E-state index contributed by atoms with van der Waals surface area (Å²) in [6.45, 7) is 0. The monoisotopic (exact) mass is 281 g/mol. The number of nitrogens with one attached hydrogen (secondary N) is 1. The highest BCUT2D eigenvalue weighted by Crippen LogP contribution is 2.29. The molecule has 1 aliphatic rings. The van der Waals surface area contributed by atoms with Gasteiger partial charge in [-0.15, -0.1) is 6.42 Å². The Morgan fingerprint density at radius 3 is 2.26 bits per heavy atom. The molecule has 0 radical (unpaired) electrons. The summed E-state index contributed by atoms with van der Waals surface area (Å²) in [5.41, 5.74) is -0.800. The van der Waals surface area contributed by atoms with Gasteiger partial charge in [-0.25, -0.2) is 12.8 Å². The second kappa shape index (κ2) is 5.32. The van der Waals surface area contributed by atoms with Crippen molar-refractivity contribution in [1.82, 2.24) is 4.72 Å². The van der Waals surface area contributed by atoms with E-state index in [1.807, 2.05) is 0 Å². The normalized spacial score (nSPS) is 18.7. The minimum absolute atomic E-state index is 0.0362. The average Bonchev–Trinajstić information content (AvgIpc) is 2.40. The fourth-order valence-corrected chi connectivity index (χ4v) is 3.75. The standard InChI is InChI=1S/C14H16FNO2S/c1-2-14(10-4-3-5-11-14)16-19(17,18)13-8-6-12(15)7-9-13/h1,6-9,16H,3-5,10-11H2. The highest BCUT2D eigenvalue weighted by atomic mass is 32.2. The van der Waals surface area contributed by atoms with Gasteiger partial charge in [-0.3, -0.25) is 0 Å². The molecular weight excluding hydrogens is 265 g/mol. The summed E-state index contributed by atoms with van der Waals surface area (Å²) in [7, 11) is -3.71. The Balaban J connectivity index is 2.25. The van der Waals surface area contributed by atoms with Crippen molar-refractivity contribution < 1.29 is 12.8 Å². The minimum Gasteiger partial charge on any atom is -0.207 e. The molecule has 0 unspecified atom stereocenters. The SMILES string of the molecule is C#CC1(NS(=O)(=O)c2ccc(F)cc2)CCCCC1. The van der Waals surface area contributed by atoms with Gasteiger partial charge in [-0.05, 0) is 37.1 Å². The summed E-state index contributed by atoms with van der Waals surface area (Å²) >= 11 is 0. The summed E-state index contributed by atoms with van der Waals surface area (Å²) in [5, 5.41) is 0. The molecule has 0 aliphatic heterocycles. The summed E-state index contributed by atoms with van der Waals surface area (Å²) < 4.78 is 39.9. The van der Waals surface area contributed by atoms with Crippen molar-refractivity contribution in [2.24, 2.45) is 0 Å². The number of benzene rings is 1. The Labute approximate surface area is 113 Å². The topological polar surface area (TPSA) is 46.2 Å². The van der Waals surface area contributed by atoms with Crippen molar-refractivity contribution in [3.63, 3.8) is 0 Å².